The Bertz CT molecular complexity index is 925. The Hall–Kier alpha value is -2.15. The molecule has 0 radical (unpaired) electrons. The van der Waals surface area contributed by atoms with Gasteiger partial charge in [-0.1, -0.05) is 11.6 Å². The number of benzene rings is 1. The molecular formula is C23H33O8P. The standard InChI is InChI=1S/C23H33O8P/c1-6-30-32(27,31-7-2)13-12-17(24)10-8-15(3)9-11-18-21(25)20-19(14-29-23(20)26)16(4)22(18)28-5/h9,25H,6-8,10-14H2,1-5H3/b15-9+. The zero-order valence-corrected chi connectivity index (χ0v) is 20.4. The average Bonchev–Trinajstić information content (AvgIpc) is 3.14. The second-order valence-corrected chi connectivity index (χ2v) is 9.81. The Kier molecular flexibility index (Phi) is 9.49. The van der Waals surface area contributed by atoms with Gasteiger partial charge in [0.15, 0.2) is 0 Å². The van der Waals surface area contributed by atoms with Crippen LogP contribution in [0, 0.1) is 6.92 Å². The summed E-state index contributed by atoms with van der Waals surface area (Å²) in [6.45, 7) is 7.87. The number of ether oxygens (including phenoxy) is 2. The highest BCUT2D eigenvalue weighted by Crippen LogP contribution is 2.48. The number of allylic oxidation sites excluding steroid dienone is 2. The summed E-state index contributed by atoms with van der Waals surface area (Å²) in [6.07, 6.45) is 3.29. The third kappa shape index (κ3) is 6.21. The molecule has 0 fully saturated rings. The van der Waals surface area contributed by atoms with Crippen LogP contribution in [0.15, 0.2) is 11.6 Å². The predicted octanol–water partition coefficient (Wildman–Crippen LogP) is 4.87. The van der Waals surface area contributed by atoms with Gasteiger partial charge in [0.2, 0.25) is 0 Å². The van der Waals surface area contributed by atoms with Gasteiger partial charge in [-0.05, 0) is 46.1 Å². The van der Waals surface area contributed by atoms with E-state index in [1.54, 1.807) is 13.8 Å². The fourth-order valence-electron chi connectivity index (χ4n) is 3.69. The summed E-state index contributed by atoms with van der Waals surface area (Å²) in [5.74, 6) is -0.143. The van der Waals surface area contributed by atoms with Gasteiger partial charge in [-0.2, -0.15) is 0 Å². The first kappa shape index (κ1) is 26.1. The van der Waals surface area contributed by atoms with Crippen molar-refractivity contribution < 1.29 is 37.8 Å². The van der Waals surface area contributed by atoms with Crippen LogP contribution in [0.25, 0.3) is 0 Å². The first-order valence-corrected chi connectivity index (χ1v) is 12.5. The van der Waals surface area contributed by atoms with Gasteiger partial charge in [-0.15, -0.1) is 0 Å². The lowest BCUT2D eigenvalue weighted by molar-refractivity contribution is -0.118. The van der Waals surface area contributed by atoms with E-state index >= 15 is 0 Å². The molecule has 0 amide bonds. The number of methoxy groups -OCH3 is 1. The molecule has 8 nitrogen and oxygen atoms in total. The molecule has 0 saturated carbocycles. The van der Waals surface area contributed by atoms with E-state index in [2.05, 4.69) is 0 Å². The molecule has 0 spiro atoms. The van der Waals surface area contributed by atoms with Crippen LogP contribution < -0.4 is 4.74 Å². The maximum Gasteiger partial charge on any atom is 0.342 e. The fourth-order valence-corrected chi connectivity index (χ4v) is 5.33. The number of hydrogen-bond donors (Lipinski definition) is 1. The van der Waals surface area contributed by atoms with Crippen molar-refractivity contribution in [2.24, 2.45) is 0 Å². The highest BCUT2D eigenvalue weighted by molar-refractivity contribution is 7.53. The lowest BCUT2D eigenvalue weighted by atomic mass is 9.94. The molecule has 1 aromatic carbocycles. The molecule has 2 rings (SSSR count). The summed E-state index contributed by atoms with van der Waals surface area (Å²) < 4.78 is 33.4. The average molecular weight is 468 g/mol. The van der Waals surface area contributed by atoms with Crippen LogP contribution in [0.2, 0.25) is 0 Å². The minimum atomic E-state index is -3.22. The van der Waals surface area contributed by atoms with E-state index in [0.717, 1.165) is 11.1 Å². The largest absolute Gasteiger partial charge is 0.507 e. The van der Waals surface area contributed by atoms with Crippen molar-refractivity contribution in [1.82, 2.24) is 0 Å². The highest BCUT2D eigenvalue weighted by atomic mass is 31.2. The number of phenolic OH excluding ortho intramolecular Hbond substituents is 1. The van der Waals surface area contributed by atoms with E-state index in [0.29, 0.717) is 36.1 Å². The van der Waals surface area contributed by atoms with E-state index in [9.17, 15) is 19.3 Å². The molecule has 1 N–H and O–H groups in total. The molecule has 1 heterocycles. The van der Waals surface area contributed by atoms with Crippen molar-refractivity contribution in [1.29, 1.82) is 0 Å². The minimum Gasteiger partial charge on any atom is -0.507 e. The van der Waals surface area contributed by atoms with Gasteiger partial charge in [0, 0.05) is 24.0 Å². The second-order valence-electron chi connectivity index (χ2n) is 7.63. The van der Waals surface area contributed by atoms with Crippen LogP contribution in [0.3, 0.4) is 0 Å². The number of ketones is 1. The van der Waals surface area contributed by atoms with E-state index in [1.807, 2.05) is 19.9 Å². The Labute approximate surface area is 189 Å². The van der Waals surface area contributed by atoms with Crippen LogP contribution in [-0.4, -0.2) is 43.3 Å². The SMILES string of the molecule is CCOP(=O)(CCC(=O)CC/C(C)=C/Cc1c(O)c2c(c(C)c1OC)COC2=O)OCC. The molecule has 9 heteroatoms. The summed E-state index contributed by atoms with van der Waals surface area (Å²) in [6, 6.07) is 0. The topological polar surface area (TPSA) is 108 Å². The Balaban J connectivity index is 2.01. The smallest absolute Gasteiger partial charge is 0.342 e. The summed E-state index contributed by atoms with van der Waals surface area (Å²) in [4.78, 5) is 24.3. The van der Waals surface area contributed by atoms with Gasteiger partial charge < -0.3 is 23.6 Å². The molecule has 0 bridgehead atoms. The van der Waals surface area contributed by atoms with Gasteiger partial charge in [0.1, 0.15) is 29.5 Å². The van der Waals surface area contributed by atoms with E-state index in [-0.39, 0.29) is 49.5 Å². The molecular weight excluding hydrogens is 435 g/mol. The van der Waals surface area contributed by atoms with Crippen molar-refractivity contribution in [3.8, 4) is 11.5 Å². The van der Waals surface area contributed by atoms with Crippen LogP contribution in [0.4, 0.5) is 0 Å². The molecule has 0 aromatic heterocycles. The Morgan fingerprint density at radius 3 is 2.44 bits per heavy atom. The Morgan fingerprint density at radius 1 is 1.19 bits per heavy atom. The summed E-state index contributed by atoms with van der Waals surface area (Å²) in [5.41, 5.74) is 3.10. The van der Waals surface area contributed by atoms with Gasteiger partial charge in [-0.3, -0.25) is 9.36 Å². The predicted molar refractivity (Wildman–Crippen MR) is 121 cm³/mol. The monoisotopic (exact) mass is 468 g/mol. The molecule has 1 aromatic rings. The second kappa shape index (κ2) is 11.6. The molecule has 0 atom stereocenters. The van der Waals surface area contributed by atoms with Crippen LogP contribution in [0.5, 0.6) is 11.5 Å². The quantitative estimate of drug-likeness (QED) is 0.248. The lowest BCUT2D eigenvalue weighted by Crippen LogP contribution is -2.06. The number of phenols is 1. The van der Waals surface area contributed by atoms with Gasteiger partial charge in [0.05, 0.1) is 26.5 Å². The van der Waals surface area contributed by atoms with Gasteiger partial charge in [-0.25, -0.2) is 4.79 Å². The zero-order chi connectivity index (χ0) is 23.9. The maximum absolute atomic E-state index is 12.5. The molecule has 178 valence electrons. The molecule has 1 aliphatic heterocycles. The number of aromatic hydroxyl groups is 1. The molecule has 0 saturated heterocycles. The number of cyclic esters (lactones) is 1. The van der Waals surface area contributed by atoms with Crippen molar-refractivity contribution in [2.75, 3.05) is 26.5 Å². The minimum absolute atomic E-state index is 0.0195. The van der Waals surface area contributed by atoms with Gasteiger partial charge in [0.25, 0.3) is 0 Å². The fraction of sp³-hybridized carbons (Fsp3) is 0.565. The highest BCUT2D eigenvalue weighted by Gasteiger charge is 2.32. The van der Waals surface area contributed by atoms with Crippen molar-refractivity contribution in [2.45, 2.75) is 60.0 Å². The molecule has 0 aliphatic carbocycles. The van der Waals surface area contributed by atoms with Crippen LogP contribution in [-0.2, 0) is 36.2 Å². The van der Waals surface area contributed by atoms with E-state index in [1.165, 1.54) is 7.11 Å². The summed E-state index contributed by atoms with van der Waals surface area (Å²) >= 11 is 0. The first-order valence-electron chi connectivity index (χ1n) is 10.8. The van der Waals surface area contributed by atoms with Crippen molar-refractivity contribution in [3.05, 3.63) is 33.9 Å². The number of carbonyl (C=O) groups is 2. The molecule has 1 aliphatic rings. The normalized spacial score (nSPS) is 13.8. The first-order chi connectivity index (χ1) is 15.2. The van der Waals surface area contributed by atoms with Crippen molar-refractivity contribution in [3.63, 3.8) is 0 Å². The lowest BCUT2D eigenvalue weighted by Gasteiger charge is -2.16. The number of fused-ring (bicyclic) bond motifs is 1. The number of rotatable bonds is 13. The molecule has 32 heavy (non-hydrogen) atoms. The number of esters is 1. The summed E-state index contributed by atoms with van der Waals surface area (Å²) in [7, 11) is -1.70. The summed E-state index contributed by atoms with van der Waals surface area (Å²) in [5, 5.41) is 10.7. The number of hydrogen-bond acceptors (Lipinski definition) is 8. The number of Topliss-reactive ketones (excluding diaryl/α,β-unsaturated/α-hetero) is 1. The van der Waals surface area contributed by atoms with Crippen molar-refractivity contribution >= 4 is 19.3 Å². The zero-order valence-electron chi connectivity index (χ0n) is 19.5. The Morgan fingerprint density at radius 2 is 1.84 bits per heavy atom. The van der Waals surface area contributed by atoms with Crippen LogP contribution in [0.1, 0.15) is 67.1 Å². The molecule has 0 unspecified atom stereocenters. The number of carbonyl (C=O) groups excluding carboxylic acids is 2. The van der Waals surface area contributed by atoms with Gasteiger partial charge >= 0.3 is 13.6 Å². The van der Waals surface area contributed by atoms with E-state index in [4.69, 9.17) is 18.5 Å². The van der Waals surface area contributed by atoms with E-state index < -0.39 is 13.6 Å². The maximum atomic E-state index is 12.5. The van der Waals surface area contributed by atoms with Crippen LogP contribution >= 0.6 is 7.60 Å². The third-order valence-electron chi connectivity index (χ3n) is 5.42. The third-order valence-corrected chi connectivity index (χ3v) is 7.49.